The van der Waals surface area contributed by atoms with Crippen LogP contribution in [0.5, 0.6) is 0 Å². The molecule has 1 saturated heterocycles. The van der Waals surface area contributed by atoms with Crippen LogP contribution in [0.25, 0.3) is 0 Å². The zero-order chi connectivity index (χ0) is 29.3. The van der Waals surface area contributed by atoms with Crippen molar-refractivity contribution in [2.75, 3.05) is 41.0 Å². The summed E-state index contributed by atoms with van der Waals surface area (Å²) in [4.78, 5) is 27.7. The summed E-state index contributed by atoms with van der Waals surface area (Å²) in [5.74, 6) is -0.0658. The van der Waals surface area contributed by atoms with Crippen LogP contribution in [0.3, 0.4) is 0 Å². The van der Waals surface area contributed by atoms with Gasteiger partial charge in [-0.15, -0.1) is 0 Å². The van der Waals surface area contributed by atoms with Crippen molar-refractivity contribution in [2.45, 2.75) is 103 Å². The zero-order valence-corrected chi connectivity index (χ0v) is 25.6. The molecule has 0 N–H and O–H groups in total. The number of hydrogen-bond acceptors (Lipinski definition) is 8. The molecule has 0 bridgehead atoms. The van der Waals surface area contributed by atoms with E-state index in [-0.39, 0.29) is 43.1 Å². The van der Waals surface area contributed by atoms with Gasteiger partial charge in [-0.05, 0) is 75.9 Å². The fourth-order valence-corrected chi connectivity index (χ4v) is 5.52. The molecular formula is C32H53NO7. The zero-order valence-electron chi connectivity index (χ0n) is 25.6. The van der Waals surface area contributed by atoms with Crippen LogP contribution in [0.2, 0.25) is 0 Å². The van der Waals surface area contributed by atoms with Crippen molar-refractivity contribution in [3.8, 4) is 0 Å². The normalized spacial score (nSPS) is 26.1. The number of benzene rings is 1. The van der Waals surface area contributed by atoms with Crippen molar-refractivity contribution >= 4 is 11.9 Å². The van der Waals surface area contributed by atoms with Crippen LogP contribution in [0.1, 0.15) is 77.7 Å². The fraction of sp³-hybridized carbons (Fsp3) is 0.750. The first-order valence-corrected chi connectivity index (χ1v) is 15.0. The second-order valence-electron chi connectivity index (χ2n) is 11.2. The lowest BCUT2D eigenvalue weighted by atomic mass is 9.85. The summed E-state index contributed by atoms with van der Waals surface area (Å²) in [6, 6.07) is 10.6. The van der Waals surface area contributed by atoms with Crippen molar-refractivity contribution in [2.24, 2.45) is 11.8 Å². The Kier molecular flexibility index (Phi) is 16.4. The van der Waals surface area contributed by atoms with Crippen molar-refractivity contribution in [3.63, 3.8) is 0 Å². The number of methoxy groups -OCH3 is 3. The average Bonchev–Trinajstić information content (AvgIpc) is 2.95. The molecule has 5 unspecified atom stereocenters. The number of carbonyl (C=O) groups excluding carboxylic acids is 2. The number of hydrogen-bond donors (Lipinski definition) is 0. The van der Waals surface area contributed by atoms with E-state index >= 15 is 0 Å². The van der Waals surface area contributed by atoms with E-state index in [2.05, 4.69) is 42.2 Å². The molecule has 1 aliphatic rings. The third kappa shape index (κ3) is 13.1. The Morgan fingerprint density at radius 3 is 2.38 bits per heavy atom. The summed E-state index contributed by atoms with van der Waals surface area (Å²) < 4.78 is 28.4. The molecule has 1 aromatic carbocycles. The van der Waals surface area contributed by atoms with E-state index in [4.69, 9.17) is 23.7 Å². The highest BCUT2D eigenvalue weighted by Crippen LogP contribution is 2.29. The molecule has 2 rings (SSSR count). The second kappa shape index (κ2) is 19.2. The van der Waals surface area contributed by atoms with Crippen LogP contribution in [0.4, 0.5) is 0 Å². The fourth-order valence-electron chi connectivity index (χ4n) is 5.52. The van der Waals surface area contributed by atoms with E-state index in [0.717, 1.165) is 51.7 Å². The summed E-state index contributed by atoms with van der Waals surface area (Å²) in [6.07, 6.45) is 4.69. The van der Waals surface area contributed by atoms with Gasteiger partial charge in [0.2, 0.25) is 0 Å². The van der Waals surface area contributed by atoms with Crippen LogP contribution in [0.15, 0.2) is 30.3 Å². The third-order valence-electron chi connectivity index (χ3n) is 7.91. The first kappa shape index (κ1) is 34.2. The van der Waals surface area contributed by atoms with E-state index in [1.165, 1.54) is 5.56 Å². The van der Waals surface area contributed by atoms with E-state index in [1.54, 1.807) is 28.3 Å². The molecule has 1 aliphatic heterocycles. The molecule has 0 amide bonds. The van der Waals surface area contributed by atoms with Gasteiger partial charge in [-0.3, -0.25) is 9.59 Å². The molecule has 0 aliphatic carbocycles. The van der Waals surface area contributed by atoms with Gasteiger partial charge in [0.25, 0.3) is 0 Å². The van der Waals surface area contributed by atoms with Gasteiger partial charge in [-0.25, -0.2) is 0 Å². The Morgan fingerprint density at radius 2 is 1.73 bits per heavy atom. The van der Waals surface area contributed by atoms with Crippen LogP contribution in [-0.2, 0) is 39.7 Å². The number of nitrogens with zero attached hydrogens (tertiary/aromatic N) is 1. The van der Waals surface area contributed by atoms with E-state index in [1.807, 2.05) is 6.92 Å². The van der Waals surface area contributed by atoms with Gasteiger partial charge in [0.15, 0.2) is 6.29 Å². The summed E-state index contributed by atoms with van der Waals surface area (Å²) in [5.41, 5.74) is 1.36. The van der Waals surface area contributed by atoms with Gasteiger partial charge < -0.3 is 28.6 Å². The quantitative estimate of drug-likeness (QED) is 0.261. The summed E-state index contributed by atoms with van der Waals surface area (Å²) in [7, 11) is 4.90. The Labute approximate surface area is 242 Å². The van der Waals surface area contributed by atoms with Crippen LogP contribution in [0, 0.1) is 11.8 Å². The minimum Gasteiger partial charge on any atom is -0.463 e. The lowest BCUT2D eigenvalue weighted by molar-refractivity contribution is -0.166. The number of rotatable bonds is 11. The molecule has 0 aromatic heterocycles. The summed E-state index contributed by atoms with van der Waals surface area (Å²) >= 11 is 0. The number of carbonyl (C=O) groups is 2. The molecule has 8 heteroatoms. The first-order valence-electron chi connectivity index (χ1n) is 15.0. The molecule has 0 spiro atoms. The topological polar surface area (TPSA) is 83.5 Å². The van der Waals surface area contributed by atoms with Gasteiger partial charge >= 0.3 is 11.9 Å². The Hall–Kier alpha value is -2.00. The lowest BCUT2D eigenvalue weighted by Crippen LogP contribution is -2.38. The molecule has 1 heterocycles. The lowest BCUT2D eigenvalue weighted by Gasteiger charge is -2.31. The van der Waals surface area contributed by atoms with Gasteiger partial charge in [-0.2, -0.15) is 0 Å². The Morgan fingerprint density at radius 1 is 1.02 bits per heavy atom. The maximum atomic E-state index is 13.0. The average molecular weight is 564 g/mol. The molecular weight excluding hydrogens is 510 g/mol. The van der Waals surface area contributed by atoms with Crippen LogP contribution < -0.4 is 0 Å². The monoisotopic (exact) mass is 563 g/mol. The number of esters is 2. The molecule has 0 saturated carbocycles. The minimum absolute atomic E-state index is 0.0321. The summed E-state index contributed by atoms with van der Waals surface area (Å²) in [6.45, 7) is 8.84. The van der Waals surface area contributed by atoms with Crippen molar-refractivity contribution in [3.05, 3.63) is 35.9 Å². The molecule has 1 aromatic rings. The molecule has 5 atom stereocenters. The smallest absolute Gasteiger partial charge is 0.309 e. The van der Waals surface area contributed by atoms with E-state index in [9.17, 15) is 9.59 Å². The highest BCUT2D eigenvalue weighted by atomic mass is 16.7. The molecule has 8 nitrogen and oxygen atoms in total. The standard InChI is InChI=1S/C32H53NO7/c1-7-30(34)40-29-23-31(35)39-25(3)16-19-33(17-11-14-26-12-9-8-10-13-26)18-15-24(2)20-27(21-28(29)36-4)22-32(37-5)38-6/h8-10,12-13,24-25,27-29,32H,7,11,14-23H2,1-6H3. The Bertz CT molecular complexity index is 832. The van der Waals surface area contributed by atoms with Crippen molar-refractivity contribution in [1.82, 2.24) is 4.90 Å². The number of cyclic esters (lactones) is 1. The first-order chi connectivity index (χ1) is 19.3. The largest absolute Gasteiger partial charge is 0.463 e. The highest BCUT2D eigenvalue weighted by Gasteiger charge is 2.32. The van der Waals surface area contributed by atoms with Gasteiger partial charge in [-0.1, -0.05) is 44.2 Å². The molecule has 0 radical (unpaired) electrons. The Balaban J connectivity index is 2.20. The predicted octanol–water partition coefficient (Wildman–Crippen LogP) is 5.42. The minimum atomic E-state index is -0.710. The third-order valence-corrected chi connectivity index (χ3v) is 7.91. The van der Waals surface area contributed by atoms with Crippen LogP contribution >= 0.6 is 0 Å². The molecule has 228 valence electrons. The van der Waals surface area contributed by atoms with Gasteiger partial charge in [0.05, 0.1) is 12.5 Å². The van der Waals surface area contributed by atoms with Crippen molar-refractivity contribution < 1.29 is 33.3 Å². The second-order valence-corrected chi connectivity index (χ2v) is 11.2. The maximum Gasteiger partial charge on any atom is 0.309 e. The predicted molar refractivity (Wildman–Crippen MR) is 156 cm³/mol. The molecule has 1 fully saturated rings. The summed E-state index contributed by atoms with van der Waals surface area (Å²) in [5, 5.41) is 0. The van der Waals surface area contributed by atoms with Crippen LogP contribution in [-0.4, -0.2) is 82.4 Å². The van der Waals surface area contributed by atoms with E-state index < -0.39 is 12.2 Å². The number of ether oxygens (including phenoxy) is 5. The van der Waals surface area contributed by atoms with Gasteiger partial charge in [0, 0.05) is 40.7 Å². The van der Waals surface area contributed by atoms with Gasteiger partial charge in [0.1, 0.15) is 12.2 Å². The highest BCUT2D eigenvalue weighted by molar-refractivity contribution is 5.72. The SMILES string of the molecule is CCC(=O)OC1CC(=O)OC(C)CCN(CCCc2ccccc2)CCC(C)CC(CC(OC)OC)CC1OC. The van der Waals surface area contributed by atoms with Crippen molar-refractivity contribution in [1.29, 1.82) is 0 Å². The maximum absolute atomic E-state index is 13.0. The van der Waals surface area contributed by atoms with E-state index in [0.29, 0.717) is 18.8 Å². The number of aryl methyl sites for hydroxylation is 1. The molecule has 40 heavy (non-hydrogen) atoms.